The monoisotopic (exact) mass is 862 g/mol. The summed E-state index contributed by atoms with van der Waals surface area (Å²) in [5.74, 6) is -0.464. The van der Waals surface area contributed by atoms with Gasteiger partial charge in [0, 0.05) is 6.42 Å². The molecular formula is C55H107NO5. The normalized spacial score (nSPS) is 13.2. The molecule has 3 unspecified atom stereocenters. The molecular weight excluding hydrogens is 755 g/mol. The fraction of sp³-hybridized carbons (Fsp3) is 0.927. The first-order chi connectivity index (χ1) is 30.0. The van der Waals surface area contributed by atoms with E-state index in [0.29, 0.717) is 19.3 Å². The smallest absolute Gasteiger partial charge is 0.306 e. The molecule has 0 radical (unpaired) electrons. The van der Waals surface area contributed by atoms with Crippen LogP contribution in [-0.4, -0.2) is 46.9 Å². The van der Waals surface area contributed by atoms with Gasteiger partial charge in [-0.1, -0.05) is 251 Å². The molecule has 0 aromatic heterocycles. The minimum absolute atomic E-state index is 0.0818. The van der Waals surface area contributed by atoms with Crippen LogP contribution in [0.4, 0.5) is 0 Å². The molecule has 0 aliphatic rings. The van der Waals surface area contributed by atoms with Crippen LogP contribution in [0.1, 0.15) is 303 Å². The highest BCUT2D eigenvalue weighted by atomic mass is 16.5. The summed E-state index contributed by atoms with van der Waals surface area (Å²) >= 11 is 0. The number of ether oxygens (including phenoxy) is 1. The molecule has 0 rings (SSSR count). The fourth-order valence-corrected chi connectivity index (χ4v) is 8.66. The van der Waals surface area contributed by atoms with Gasteiger partial charge in [-0.05, 0) is 51.4 Å². The summed E-state index contributed by atoms with van der Waals surface area (Å²) in [6.45, 7) is 6.51. The van der Waals surface area contributed by atoms with Crippen molar-refractivity contribution >= 4 is 11.9 Å². The second-order valence-electron chi connectivity index (χ2n) is 19.0. The van der Waals surface area contributed by atoms with E-state index in [1.165, 1.54) is 205 Å². The lowest BCUT2D eigenvalue weighted by Gasteiger charge is -2.24. The minimum Gasteiger partial charge on any atom is -0.462 e. The van der Waals surface area contributed by atoms with E-state index < -0.39 is 18.2 Å². The third-order valence-corrected chi connectivity index (χ3v) is 12.8. The molecule has 0 aromatic rings. The molecule has 362 valence electrons. The SMILES string of the molecule is CCCCCCCCC/C=C/CCCCCCCC(=O)OC(CCCCCCCCCCCCCCC)CC(=O)NC(CO)C(O)CCCCCCCCCCCCCCC. The van der Waals surface area contributed by atoms with Crippen molar-refractivity contribution in [3.63, 3.8) is 0 Å². The number of rotatable bonds is 50. The van der Waals surface area contributed by atoms with Crippen LogP contribution < -0.4 is 5.32 Å². The molecule has 6 nitrogen and oxygen atoms in total. The summed E-state index contributed by atoms with van der Waals surface area (Å²) in [5, 5.41) is 23.8. The maximum absolute atomic E-state index is 13.2. The van der Waals surface area contributed by atoms with Crippen LogP contribution in [0.15, 0.2) is 12.2 Å². The lowest BCUT2D eigenvalue weighted by molar-refractivity contribution is -0.151. The molecule has 0 saturated heterocycles. The van der Waals surface area contributed by atoms with Gasteiger partial charge in [0.2, 0.25) is 5.91 Å². The maximum Gasteiger partial charge on any atom is 0.306 e. The van der Waals surface area contributed by atoms with Gasteiger partial charge in [-0.15, -0.1) is 0 Å². The highest BCUT2D eigenvalue weighted by Crippen LogP contribution is 2.19. The van der Waals surface area contributed by atoms with Crippen molar-refractivity contribution < 1.29 is 24.5 Å². The number of aliphatic hydroxyl groups excluding tert-OH is 2. The van der Waals surface area contributed by atoms with Gasteiger partial charge in [0.1, 0.15) is 6.10 Å². The van der Waals surface area contributed by atoms with Crippen LogP contribution >= 0.6 is 0 Å². The summed E-state index contributed by atoms with van der Waals surface area (Å²) in [6.07, 6.45) is 55.5. The van der Waals surface area contributed by atoms with E-state index in [1.54, 1.807) is 0 Å². The van der Waals surface area contributed by atoms with Gasteiger partial charge in [-0.2, -0.15) is 0 Å². The van der Waals surface area contributed by atoms with Gasteiger partial charge < -0.3 is 20.3 Å². The van der Waals surface area contributed by atoms with Crippen molar-refractivity contribution in [2.75, 3.05) is 6.61 Å². The third kappa shape index (κ3) is 45.0. The van der Waals surface area contributed by atoms with Crippen LogP contribution in [-0.2, 0) is 14.3 Å². The van der Waals surface area contributed by atoms with E-state index in [2.05, 4.69) is 38.2 Å². The highest BCUT2D eigenvalue weighted by molar-refractivity contribution is 5.77. The molecule has 6 heteroatoms. The molecule has 0 spiro atoms. The molecule has 0 aromatic carbocycles. The van der Waals surface area contributed by atoms with E-state index in [1.807, 2.05) is 0 Å². The van der Waals surface area contributed by atoms with Crippen molar-refractivity contribution in [2.45, 2.75) is 322 Å². The number of aliphatic hydroxyl groups is 2. The topological polar surface area (TPSA) is 95.9 Å². The number of allylic oxidation sites excluding steroid dienone is 2. The molecule has 3 atom stereocenters. The maximum atomic E-state index is 13.2. The van der Waals surface area contributed by atoms with Crippen LogP contribution in [0.5, 0.6) is 0 Å². The predicted molar refractivity (Wildman–Crippen MR) is 264 cm³/mol. The van der Waals surface area contributed by atoms with E-state index >= 15 is 0 Å². The van der Waals surface area contributed by atoms with Crippen molar-refractivity contribution in [3.8, 4) is 0 Å². The summed E-state index contributed by atoms with van der Waals surface area (Å²) in [7, 11) is 0. The van der Waals surface area contributed by atoms with Gasteiger partial charge in [-0.3, -0.25) is 9.59 Å². The lowest BCUT2D eigenvalue weighted by Crippen LogP contribution is -2.46. The van der Waals surface area contributed by atoms with Crippen molar-refractivity contribution in [1.29, 1.82) is 0 Å². The summed E-state index contributed by atoms with van der Waals surface area (Å²) in [4.78, 5) is 26.2. The summed E-state index contributed by atoms with van der Waals surface area (Å²) in [5.41, 5.74) is 0. The average Bonchev–Trinajstić information content (AvgIpc) is 3.25. The van der Waals surface area contributed by atoms with E-state index in [-0.39, 0.29) is 24.9 Å². The quantitative estimate of drug-likeness (QED) is 0.0322. The number of unbranched alkanes of at least 4 members (excludes halogenated alkanes) is 36. The van der Waals surface area contributed by atoms with Gasteiger partial charge >= 0.3 is 5.97 Å². The molecule has 0 saturated carbocycles. The van der Waals surface area contributed by atoms with Gasteiger partial charge in [0.25, 0.3) is 0 Å². The third-order valence-electron chi connectivity index (χ3n) is 12.8. The van der Waals surface area contributed by atoms with Crippen LogP contribution in [0.25, 0.3) is 0 Å². The number of carbonyl (C=O) groups excluding carboxylic acids is 2. The first-order valence-corrected chi connectivity index (χ1v) is 27.4. The van der Waals surface area contributed by atoms with Crippen molar-refractivity contribution in [3.05, 3.63) is 12.2 Å². The molecule has 0 bridgehead atoms. The molecule has 61 heavy (non-hydrogen) atoms. The summed E-state index contributed by atoms with van der Waals surface area (Å²) < 4.78 is 5.95. The van der Waals surface area contributed by atoms with Gasteiger partial charge in [0.15, 0.2) is 0 Å². The number of amides is 1. The van der Waals surface area contributed by atoms with Crippen molar-refractivity contribution in [2.24, 2.45) is 0 Å². The van der Waals surface area contributed by atoms with Crippen LogP contribution in [0.2, 0.25) is 0 Å². The Kier molecular flexibility index (Phi) is 48.5. The first kappa shape index (κ1) is 59.6. The van der Waals surface area contributed by atoms with E-state index in [9.17, 15) is 19.8 Å². The second-order valence-corrected chi connectivity index (χ2v) is 19.0. The Hall–Kier alpha value is -1.40. The van der Waals surface area contributed by atoms with Crippen LogP contribution in [0, 0.1) is 0 Å². The molecule has 1 amide bonds. The Bertz CT molecular complexity index is 924. The first-order valence-electron chi connectivity index (χ1n) is 27.4. The van der Waals surface area contributed by atoms with E-state index in [0.717, 1.165) is 51.4 Å². The molecule has 0 heterocycles. The number of esters is 1. The zero-order valence-electron chi connectivity index (χ0n) is 41.3. The van der Waals surface area contributed by atoms with Gasteiger partial charge in [0.05, 0.1) is 25.2 Å². The number of hydrogen-bond acceptors (Lipinski definition) is 5. The number of nitrogens with one attached hydrogen (secondary N) is 1. The van der Waals surface area contributed by atoms with Crippen LogP contribution in [0.3, 0.4) is 0 Å². The standard InChI is InChI=1S/C55H107NO5/c1-4-7-10-13-16-19-22-25-26-27-30-33-36-39-42-45-48-55(60)61-51(46-43-40-37-34-31-28-23-20-17-14-11-8-5-2)49-54(59)56-52(50-57)53(58)47-44-41-38-35-32-29-24-21-18-15-12-9-6-3/h26-27,51-53,57-58H,4-25,28-50H2,1-3H3,(H,56,59)/b27-26+. The number of carbonyl (C=O) groups is 2. The number of hydrogen-bond donors (Lipinski definition) is 3. The molecule has 0 aliphatic heterocycles. The zero-order chi connectivity index (χ0) is 44.5. The molecule has 3 N–H and O–H groups in total. The van der Waals surface area contributed by atoms with E-state index in [4.69, 9.17) is 4.74 Å². The Balaban J connectivity index is 4.52. The highest BCUT2D eigenvalue weighted by Gasteiger charge is 2.24. The fourth-order valence-electron chi connectivity index (χ4n) is 8.66. The molecule has 0 fully saturated rings. The molecule has 0 aliphatic carbocycles. The average molecular weight is 862 g/mol. The second kappa shape index (κ2) is 49.6. The predicted octanol–water partition coefficient (Wildman–Crippen LogP) is 16.5. The zero-order valence-corrected chi connectivity index (χ0v) is 41.3. The minimum atomic E-state index is -0.783. The van der Waals surface area contributed by atoms with Gasteiger partial charge in [-0.25, -0.2) is 0 Å². The Labute approximate surface area is 380 Å². The summed E-state index contributed by atoms with van der Waals surface area (Å²) in [6, 6.07) is -0.696. The largest absolute Gasteiger partial charge is 0.462 e. The Morgan fingerprint density at radius 2 is 0.787 bits per heavy atom. The lowest BCUT2D eigenvalue weighted by atomic mass is 10.0. The van der Waals surface area contributed by atoms with Crippen molar-refractivity contribution in [1.82, 2.24) is 5.32 Å². The Morgan fingerprint density at radius 1 is 0.459 bits per heavy atom. The Morgan fingerprint density at radius 3 is 1.16 bits per heavy atom.